The Morgan fingerprint density at radius 3 is 2.67 bits per heavy atom. The molecule has 146 valence electrons. The maximum absolute atomic E-state index is 6.14. The number of anilines is 3. The van der Waals surface area contributed by atoms with Gasteiger partial charge in [-0.25, -0.2) is 0 Å². The first-order valence-electron chi connectivity index (χ1n) is 8.88. The molecule has 1 saturated carbocycles. The van der Waals surface area contributed by atoms with Gasteiger partial charge >= 0.3 is 0 Å². The van der Waals surface area contributed by atoms with Crippen molar-refractivity contribution in [1.29, 1.82) is 0 Å². The van der Waals surface area contributed by atoms with Gasteiger partial charge in [-0.15, -0.1) is 0 Å². The van der Waals surface area contributed by atoms with Gasteiger partial charge in [-0.2, -0.15) is 15.1 Å². The van der Waals surface area contributed by atoms with Crippen LogP contribution < -0.4 is 11.1 Å². The Labute approximate surface area is 180 Å². The molecule has 0 aromatic carbocycles. The fourth-order valence-corrected chi connectivity index (χ4v) is 3.94. The van der Waals surface area contributed by atoms with Gasteiger partial charge < -0.3 is 11.1 Å². The zero-order valence-corrected chi connectivity index (χ0v) is 19.2. The Morgan fingerprint density at radius 1 is 1.41 bits per heavy atom. The molecule has 0 unspecified atom stereocenters. The summed E-state index contributed by atoms with van der Waals surface area (Å²) in [6.45, 7) is 6.31. The minimum absolute atomic E-state index is 0.217. The fraction of sp³-hybridized carbons (Fsp3) is 0.471. The van der Waals surface area contributed by atoms with Crippen LogP contribution in [0.25, 0.3) is 11.0 Å². The van der Waals surface area contributed by atoms with E-state index < -0.39 is 0 Å². The van der Waals surface area contributed by atoms with E-state index in [1.54, 1.807) is 4.68 Å². The Hall–Kier alpha value is -1.20. The third kappa shape index (κ3) is 5.00. The number of fused-ring (bicyclic) bond motifs is 1. The van der Waals surface area contributed by atoms with E-state index in [2.05, 4.69) is 48.5 Å². The van der Waals surface area contributed by atoms with Crippen LogP contribution in [-0.2, 0) is 0 Å². The lowest BCUT2D eigenvalue weighted by molar-refractivity contribution is 0.533. The van der Waals surface area contributed by atoms with Crippen LogP contribution in [0.4, 0.5) is 17.5 Å². The molecule has 7 nitrogen and oxygen atoms in total. The van der Waals surface area contributed by atoms with Crippen LogP contribution in [-0.4, -0.2) is 23.7 Å². The molecular weight excluding hydrogens is 497 g/mol. The smallest absolute Gasteiger partial charge is 0.231 e. The monoisotopic (exact) mass is 519 g/mol. The number of nitrogen functional groups attached to an aromatic ring is 1. The molecule has 0 bridgehead atoms. The standard InChI is InChI=1S/C12H13ClIN7S.C5H10/c1-6(2)20-5-8(9(13)19-20)16-12-17-10(15)7-3-4-21(22-14)11(7)18-12;1-2-5-3-4-5/h3-6H,1-2H3,(H3,15,16,17,18);5H,2-4H2,1H3. The fourth-order valence-electron chi connectivity index (χ4n) is 2.49. The molecule has 0 aliphatic heterocycles. The summed E-state index contributed by atoms with van der Waals surface area (Å²) in [7, 11) is 1.51. The van der Waals surface area contributed by atoms with Gasteiger partial charge in [0, 0.05) is 42.6 Å². The molecule has 10 heteroatoms. The van der Waals surface area contributed by atoms with Crippen molar-refractivity contribution in [2.45, 2.75) is 46.1 Å². The molecule has 27 heavy (non-hydrogen) atoms. The Morgan fingerprint density at radius 2 is 2.15 bits per heavy atom. The Bertz CT molecular complexity index is 920. The van der Waals surface area contributed by atoms with Gasteiger partial charge in [0.1, 0.15) is 5.82 Å². The Kier molecular flexibility index (Phi) is 6.74. The molecule has 0 radical (unpaired) electrons. The van der Waals surface area contributed by atoms with Gasteiger partial charge in [0.15, 0.2) is 10.8 Å². The summed E-state index contributed by atoms with van der Waals surface area (Å²) in [5, 5.41) is 8.50. The summed E-state index contributed by atoms with van der Waals surface area (Å²) in [6, 6.07) is 2.11. The minimum Gasteiger partial charge on any atom is -0.383 e. The molecular formula is C17H23ClIN7S. The first kappa shape index (κ1) is 20.5. The highest BCUT2D eigenvalue weighted by Crippen LogP contribution is 2.31. The second-order valence-electron chi connectivity index (χ2n) is 6.76. The number of hydrogen-bond donors (Lipinski definition) is 2. The molecule has 1 fully saturated rings. The van der Waals surface area contributed by atoms with Gasteiger partial charge in [-0.3, -0.25) is 8.65 Å². The third-order valence-corrected chi connectivity index (χ3v) is 6.35. The summed E-state index contributed by atoms with van der Waals surface area (Å²) in [6.07, 6.45) is 8.16. The summed E-state index contributed by atoms with van der Waals surface area (Å²) < 4.78 is 3.69. The molecule has 0 spiro atoms. The summed E-state index contributed by atoms with van der Waals surface area (Å²) in [5.41, 5.74) is 7.40. The van der Waals surface area contributed by atoms with Crippen LogP contribution in [0.15, 0.2) is 18.5 Å². The second kappa shape index (κ2) is 8.87. The van der Waals surface area contributed by atoms with Gasteiger partial charge in [0.05, 0.1) is 17.3 Å². The molecule has 0 atom stereocenters. The largest absolute Gasteiger partial charge is 0.383 e. The van der Waals surface area contributed by atoms with Crippen molar-refractivity contribution in [2.24, 2.45) is 5.92 Å². The number of rotatable bonds is 5. The lowest BCUT2D eigenvalue weighted by Gasteiger charge is -2.06. The number of nitrogens with one attached hydrogen (secondary N) is 1. The quantitative estimate of drug-likeness (QED) is 0.412. The summed E-state index contributed by atoms with van der Waals surface area (Å²) >= 11 is 8.33. The highest BCUT2D eigenvalue weighted by molar-refractivity contribution is 14.2. The number of nitrogens with zero attached hydrogens (tertiary/aromatic N) is 5. The molecule has 4 rings (SSSR count). The average Bonchev–Trinajstić information content (AvgIpc) is 3.29. The van der Waals surface area contributed by atoms with Gasteiger partial charge in [-0.1, -0.05) is 37.8 Å². The van der Waals surface area contributed by atoms with Crippen LogP contribution in [0.1, 0.15) is 46.1 Å². The van der Waals surface area contributed by atoms with E-state index in [0.29, 0.717) is 22.6 Å². The highest BCUT2D eigenvalue weighted by Gasteiger charge is 2.17. The van der Waals surface area contributed by atoms with E-state index in [1.807, 2.05) is 36.3 Å². The first-order chi connectivity index (χ1) is 12.9. The first-order valence-corrected chi connectivity index (χ1v) is 12.6. The van der Waals surface area contributed by atoms with Crippen molar-refractivity contribution in [2.75, 3.05) is 11.1 Å². The highest BCUT2D eigenvalue weighted by atomic mass is 127. The second-order valence-corrected chi connectivity index (χ2v) is 8.84. The van der Waals surface area contributed by atoms with Crippen LogP contribution >= 0.6 is 41.9 Å². The van der Waals surface area contributed by atoms with E-state index in [1.165, 1.54) is 28.4 Å². The number of nitrogens with two attached hydrogens (primary N) is 1. The molecule has 0 amide bonds. The average molecular weight is 520 g/mol. The maximum Gasteiger partial charge on any atom is 0.231 e. The molecule has 1 aliphatic carbocycles. The minimum atomic E-state index is 0.217. The lowest BCUT2D eigenvalue weighted by atomic mass is 10.3. The van der Waals surface area contributed by atoms with Crippen LogP contribution in [0.5, 0.6) is 0 Å². The zero-order valence-electron chi connectivity index (χ0n) is 15.5. The summed E-state index contributed by atoms with van der Waals surface area (Å²) in [4.78, 5) is 8.77. The van der Waals surface area contributed by atoms with Gasteiger partial charge in [0.25, 0.3) is 0 Å². The van der Waals surface area contributed by atoms with E-state index in [9.17, 15) is 0 Å². The van der Waals surface area contributed by atoms with Crippen molar-refractivity contribution in [3.63, 3.8) is 0 Å². The van der Waals surface area contributed by atoms with Crippen LogP contribution in [0.3, 0.4) is 0 Å². The van der Waals surface area contributed by atoms with Gasteiger partial charge in [-0.05, 0) is 25.8 Å². The molecule has 1 aliphatic rings. The van der Waals surface area contributed by atoms with Crippen molar-refractivity contribution in [3.05, 3.63) is 23.6 Å². The number of halogens is 2. The van der Waals surface area contributed by atoms with Crippen LogP contribution in [0.2, 0.25) is 5.15 Å². The van der Waals surface area contributed by atoms with E-state index in [4.69, 9.17) is 17.3 Å². The third-order valence-electron chi connectivity index (χ3n) is 4.35. The lowest BCUT2D eigenvalue weighted by Crippen LogP contribution is -2.02. The normalized spacial score (nSPS) is 13.7. The topological polar surface area (TPSA) is 86.6 Å². The van der Waals surface area contributed by atoms with Crippen molar-refractivity contribution < 1.29 is 0 Å². The van der Waals surface area contributed by atoms with Crippen LogP contribution in [0, 0.1) is 5.92 Å². The van der Waals surface area contributed by atoms with E-state index >= 15 is 0 Å². The summed E-state index contributed by atoms with van der Waals surface area (Å²) in [5.74, 6) is 1.94. The molecule has 3 aromatic rings. The van der Waals surface area contributed by atoms with E-state index in [-0.39, 0.29) is 6.04 Å². The molecule has 3 N–H and O–H groups in total. The molecule has 0 saturated heterocycles. The SMILES string of the molecule is CC(C)n1cc(Nc2nc(N)c3ccn(SI)c3n2)c(Cl)n1.CCC1CC1. The van der Waals surface area contributed by atoms with E-state index in [0.717, 1.165) is 17.0 Å². The zero-order chi connectivity index (χ0) is 19.6. The molecule has 3 aromatic heterocycles. The van der Waals surface area contributed by atoms with Crippen molar-refractivity contribution >= 4 is 70.4 Å². The molecule has 3 heterocycles. The predicted molar refractivity (Wildman–Crippen MR) is 123 cm³/mol. The predicted octanol–water partition coefficient (Wildman–Crippen LogP) is 5.84. The van der Waals surface area contributed by atoms with Gasteiger partial charge in [0.2, 0.25) is 5.95 Å². The van der Waals surface area contributed by atoms with Crippen molar-refractivity contribution in [3.8, 4) is 0 Å². The van der Waals surface area contributed by atoms with Crippen molar-refractivity contribution in [1.82, 2.24) is 23.7 Å². The Balaban J connectivity index is 0.000000364. The maximum atomic E-state index is 6.14. The number of hydrogen-bond acceptors (Lipinski definition) is 6. The number of aromatic nitrogens is 5.